The minimum Gasteiger partial charge on any atom is -0.394 e. The Bertz CT molecular complexity index is 544. The molecular formula is C18H24N2O3. The van der Waals surface area contributed by atoms with Crippen LogP contribution >= 0.6 is 0 Å². The molecule has 5 heteroatoms. The summed E-state index contributed by atoms with van der Waals surface area (Å²) in [6.45, 7) is 3.95. The molecule has 2 N–H and O–H groups in total. The molecule has 1 saturated heterocycles. The molecule has 2 atom stereocenters. The van der Waals surface area contributed by atoms with Crippen LogP contribution in [0.4, 0.5) is 0 Å². The molecule has 2 amide bonds. The highest BCUT2D eigenvalue weighted by Gasteiger charge is 2.39. The number of allylic oxidation sites excluding steroid dienone is 1. The van der Waals surface area contributed by atoms with Crippen LogP contribution in [-0.4, -0.2) is 40.5 Å². The van der Waals surface area contributed by atoms with E-state index in [1.54, 1.807) is 11.0 Å². The normalized spacial score (nSPS) is 20.3. The lowest BCUT2D eigenvalue weighted by Gasteiger charge is -2.28. The maximum Gasteiger partial charge on any atom is 0.243 e. The topological polar surface area (TPSA) is 69.6 Å². The van der Waals surface area contributed by atoms with E-state index in [9.17, 15) is 14.7 Å². The molecule has 0 aromatic heterocycles. The van der Waals surface area contributed by atoms with Gasteiger partial charge >= 0.3 is 0 Å². The Morgan fingerprint density at radius 3 is 2.70 bits per heavy atom. The molecule has 23 heavy (non-hydrogen) atoms. The monoisotopic (exact) mass is 316 g/mol. The van der Waals surface area contributed by atoms with Crippen molar-refractivity contribution in [2.24, 2.45) is 0 Å². The molecule has 2 rings (SSSR count). The van der Waals surface area contributed by atoms with Crippen molar-refractivity contribution in [1.29, 1.82) is 0 Å². The standard InChI is InChI=1S/C18H24N2O3/c1-2-3-9-17(22)20-15(13-21)10-11-16(20)18(23)19-12-14-7-5-4-6-8-14/h2,4-8,15-16,21H,1,3,9-13H2,(H,19,23)/t15-,16-/m1/s1. The number of nitrogens with zero attached hydrogens (tertiary/aromatic N) is 1. The van der Waals surface area contributed by atoms with Gasteiger partial charge in [-0.15, -0.1) is 6.58 Å². The van der Waals surface area contributed by atoms with Crippen molar-refractivity contribution in [3.05, 3.63) is 48.6 Å². The molecule has 0 bridgehead atoms. The van der Waals surface area contributed by atoms with Crippen molar-refractivity contribution >= 4 is 11.8 Å². The summed E-state index contributed by atoms with van der Waals surface area (Å²) in [6.07, 6.45) is 3.83. The van der Waals surface area contributed by atoms with Gasteiger partial charge in [-0.2, -0.15) is 0 Å². The molecule has 0 aliphatic carbocycles. The smallest absolute Gasteiger partial charge is 0.243 e. The van der Waals surface area contributed by atoms with Crippen LogP contribution < -0.4 is 5.32 Å². The lowest BCUT2D eigenvalue weighted by molar-refractivity contribution is -0.141. The van der Waals surface area contributed by atoms with Crippen LogP contribution in [0.3, 0.4) is 0 Å². The van der Waals surface area contributed by atoms with Crippen LogP contribution in [0, 0.1) is 0 Å². The van der Waals surface area contributed by atoms with Crippen molar-refractivity contribution in [3.63, 3.8) is 0 Å². The molecule has 0 radical (unpaired) electrons. The number of hydrogen-bond acceptors (Lipinski definition) is 3. The third-order valence-electron chi connectivity index (χ3n) is 4.18. The SMILES string of the molecule is C=CCCC(=O)N1[C@@H](CO)CC[C@@H]1C(=O)NCc1ccccc1. The second kappa shape index (κ2) is 8.48. The second-order valence-electron chi connectivity index (χ2n) is 5.76. The first-order valence-corrected chi connectivity index (χ1v) is 8.02. The number of benzene rings is 1. The number of nitrogens with one attached hydrogen (secondary N) is 1. The number of aliphatic hydroxyl groups is 1. The summed E-state index contributed by atoms with van der Waals surface area (Å²) in [5.74, 6) is -0.252. The van der Waals surface area contributed by atoms with E-state index in [1.165, 1.54) is 0 Å². The van der Waals surface area contributed by atoms with Crippen molar-refractivity contribution in [3.8, 4) is 0 Å². The first-order chi connectivity index (χ1) is 11.2. The molecule has 124 valence electrons. The van der Waals surface area contributed by atoms with E-state index in [0.717, 1.165) is 5.56 Å². The molecule has 0 saturated carbocycles. The fraction of sp³-hybridized carbons (Fsp3) is 0.444. The second-order valence-corrected chi connectivity index (χ2v) is 5.76. The Kier molecular flexibility index (Phi) is 6.35. The van der Waals surface area contributed by atoms with Crippen molar-refractivity contribution in [2.75, 3.05) is 6.61 Å². The lowest BCUT2D eigenvalue weighted by Crippen LogP contribution is -2.49. The molecule has 1 aromatic rings. The van der Waals surface area contributed by atoms with Gasteiger partial charge < -0.3 is 15.3 Å². The van der Waals surface area contributed by atoms with Gasteiger partial charge in [-0.25, -0.2) is 0 Å². The molecule has 1 aliphatic heterocycles. The number of hydrogen-bond donors (Lipinski definition) is 2. The maximum atomic E-state index is 12.5. The van der Waals surface area contributed by atoms with Gasteiger partial charge in [-0.1, -0.05) is 36.4 Å². The van der Waals surface area contributed by atoms with Gasteiger partial charge in [0.15, 0.2) is 0 Å². The number of rotatable bonds is 7. The minimum atomic E-state index is -0.492. The largest absolute Gasteiger partial charge is 0.394 e. The van der Waals surface area contributed by atoms with Crippen molar-refractivity contribution < 1.29 is 14.7 Å². The third kappa shape index (κ3) is 4.42. The van der Waals surface area contributed by atoms with Gasteiger partial charge in [-0.05, 0) is 24.8 Å². The molecule has 1 aliphatic rings. The maximum absolute atomic E-state index is 12.5. The van der Waals surface area contributed by atoms with Gasteiger partial charge in [0.05, 0.1) is 12.6 Å². The van der Waals surface area contributed by atoms with Gasteiger partial charge in [0.25, 0.3) is 0 Å². The number of carbonyl (C=O) groups is 2. The molecule has 1 aromatic carbocycles. The zero-order valence-corrected chi connectivity index (χ0v) is 13.3. The minimum absolute atomic E-state index is 0.0960. The summed E-state index contributed by atoms with van der Waals surface area (Å²) >= 11 is 0. The highest BCUT2D eigenvalue weighted by Crippen LogP contribution is 2.25. The first kappa shape index (κ1) is 17.2. The predicted octanol–water partition coefficient (Wildman–Crippen LogP) is 1.62. The highest BCUT2D eigenvalue weighted by atomic mass is 16.3. The zero-order valence-electron chi connectivity index (χ0n) is 13.3. The van der Waals surface area contributed by atoms with Gasteiger partial charge in [0.2, 0.25) is 11.8 Å². The van der Waals surface area contributed by atoms with Crippen LogP contribution in [0.5, 0.6) is 0 Å². The number of amides is 2. The van der Waals surface area contributed by atoms with Gasteiger partial charge in [-0.3, -0.25) is 9.59 Å². The first-order valence-electron chi connectivity index (χ1n) is 8.02. The van der Waals surface area contributed by atoms with E-state index >= 15 is 0 Å². The Balaban J connectivity index is 1.99. The van der Waals surface area contributed by atoms with Crippen molar-refractivity contribution in [2.45, 2.75) is 44.3 Å². The van der Waals surface area contributed by atoms with Crippen LogP contribution in [0.15, 0.2) is 43.0 Å². The summed E-state index contributed by atoms with van der Waals surface area (Å²) in [6, 6.07) is 8.90. The van der Waals surface area contributed by atoms with E-state index in [2.05, 4.69) is 11.9 Å². The summed E-state index contributed by atoms with van der Waals surface area (Å²) in [4.78, 5) is 26.4. The summed E-state index contributed by atoms with van der Waals surface area (Å²) in [5.41, 5.74) is 1.02. The molecule has 5 nitrogen and oxygen atoms in total. The predicted molar refractivity (Wildman–Crippen MR) is 88.5 cm³/mol. The van der Waals surface area contributed by atoms with E-state index in [0.29, 0.717) is 32.2 Å². The average Bonchev–Trinajstić information content (AvgIpc) is 3.02. The fourth-order valence-electron chi connectivity index (χ4n) is 2.95. The van der Waals surface area contributed by atoms with E-state index in [-0.39, 0.29) is 24.5 Å². The van der Waals surface area contributed by atoms with Gasteiger partial charge in [0.1, 0.15) is 6.04 Å². The van der Waals surface area contributed by atoms with E-state index in [1.807, 2.05) is 30.3 Å². The van der Waals surface area contributed by atoms with Crippen LogP contribution in [-0.2, 0) is 16.1 Å². The summed E-state index contributed by atoms with van der Waals surface area (Å²) in [7, 11) is 0. The quantitative estimate of drug-likeness (QED) is 0.751. The molecule has 0 unspecified atom stereocenters. The highest BCUT2D eigenvalue weighted by molar-refractivity contribution is 5.88. The Morgan fingerprint density at radius 1 is 1.30 bits per heavy atom. The fourth-order valence-corrected chi connectivity index (χ4v) is 2.95. The molecular weight excluding hydrogens is 292 g/mol. The lowest BCUT2D eigenvalue weighted by atomic mass is 10.1. The Morgan fingerprint density at radius 2 is 2.04 bits per heavy atom. The van der Waals surface area contributed by atoms with Crippen molar-refractivity contribution in [1.82, 2.24) is 10.2 Å². The summed E-state index contributed by atoms with van der Waals surface area (Å²) in [5, 5.41) is 12.4. The van der Waals surface area contributed by atoms with E-state index < -0.39 is 6.04 Å². The van der Waals surface area contributed by atoms with Gasteiger partial charge in [0, 0.05) is 13.0 Å². The van der Waals surface area contributed by atoms with E-state index in [4.69, 9.17) is 0 Å². The molecule has 0 spiro atoms. The van der Waals surface area contributed by atoms with Crippen LogP contribution in [0.25, 0.3) is 0 Å². The Hall–Kier alpha value is -2.14. The Labute approximate surface area is 137 Å². The molecule has 1 heterocycles. The zero-order chi connectivity index (χ0) is 16.7. The average molecular weight is 316 g/mol. The van der Waals surface area contributed by atoms with Crippen LogP contribution in [0.2, 0.25) is 0 Å². The number of likely N-dealkylation sites (tertiary alicyclic amines) is 1. The number of aliphatic hydroxyl groups excluding tert-OH is 1. The summed E-state index contributed by atoms with van der Waals surface area (Å²) < 4.78 is 0. The molecule has 1 fully saturated rings. The third-order valence-corrected chi connectivity index (χ3v) is 4.18. The van der Waals surface area contributed by atoms with Crippen LogP contribution in [0.1, 0.15) is 31.2 Å². The number of carbonyl (C=O) groups excluding carboxylic acids is 2.